The third kappa shape index (κ3) is 7.49. The molecule has 0 radical (unpaired) electrons. The van der Waals surface area contributed by atoms with Gasteiger partial charge in [0.05, 0.1) is 12.5 Å². The summed E-state index contributed by atoms with van der Waals surface area (Å²) in [6.07, 6.45) is 0.247. The number of carbonyl (C=O) groups excluding carboxylic acids is 1. The number of aromatic carboxylic acids is 1. The van der Waals surface area contributed by atoms with E-state index in [-0.39, 0.29) is 29.9 Å². The first-order valence-electron chi connectivity index (χ1n) is 11.4. The lowest BCUT2D eigenvalue weighted by molar-refractivity contribution is -0.129. The zero-order valence-corrected chi connectivity index (χ0v) is 21.1. The van der Waals surface area contributed by atoms with Crippen LogP contribution in [0.15, 0.2) is 60.7 Å². The Balaban J connectivity index is 1.68. The van der Waals surface area contributed by atoms with Crippen LogP contribution in [0.3, 0.4) is 0 Å². The van der Waals surface area contributed by atoms with Crippen LogP contribution in [0.5, 0.6) is 11.5 Å². The van der Waals surface area contributed by atoms with E-state index < -0.39 is 5.97 Å². The number of hydrogen-bond donors (Lipinski definition) is 1. The molecule has 0 atom stereocenters. The van der Waals surface area contributed by atoms with Gasteiger partial charge in [0.25, 0.3) is 0 Å². The molecule has 0 aliphatic rings. The summed E-state index contributed by atoms with van der Waals surface area (Å²) in [7, 11) is 1.77. The van der Waals surface area contributed by atoms with Crippen LogP contribution in [0.1, 0.15) is 46.5 Å². The van der Waals surface area contributed by atoms with Crippen molar-refractivity contribution in [3.63, 3.8) is 0 Å². The molecule has 1 amide bonds. The predicted molar refractivity (Wildman–Crippen MR) is 136 cm³/mol. The van der Waals surface area contributed by atoms with Crippen LogP contribution in [-0.2, 0) is 24.4 Å². The number of carboxylic acids is 1. The third-order valence-electron chi connectivity index (χ3n) is 5.36. The van der Waals surface area contributed by atoms with Gasteiger partial charge in [-0.2, -0.15) is 0 Å². The molecule has 0 aliphatic heterocycles. The molecule has 0 fully saturated rings. The van der Waals surface area contributed by atoms with Gasteiger partial charge in [-0.1, -0.05) is 48.0 Å². The second-order valence-electron chi connectivity index (χ2n) is 8.75. The maximum atomic E-state index is 12.6. The molecule has 1 N–H and O–H groups in total. The molecule has 3 rings (SSSR count). The highest BCUT2D eigenvalue weighted by atomic mass is 35.5. The quantitative estimate of drug-likeness (QED) is 0.378. The van der Waals surface area contributed by atoms with Crippen LogP contribution < -0.4 is 9.47 Å². The van der Waals surface area contributed by atoms with Gasteiger partial charge < -0.3 is 19.5 Å². The van der Waals surface area contributed by atoms with E-state index in [4.69, 9.17) is 21.1 Å². The Morgan fingerprint density at radius 1 is 1.00 bits per heavy atom. The molecular weight excluding hydrogens is 466 g/mol. The van der Waals surface area contributed by atoms with Crippen molar-refractivity contribution in [2.45, 2.75) is 46.4 Å². The summed E-state index contributed by atoms with van der Waals surface area (Å²) < 4.78 is 11.7. The summed E-state index contributed by atoms with van der Waals surface area (Å²) in [6.45, 7) is 6.16. The number of hydrogen-bond acceptors (Lipinski definition) is 4. The second-order valence-corrected chi connectivity index (χ2v) is 9.18. The molecule has 3 aromatic rings. The van der Waals surface area contributed by atoms with E-state index in [1.54, 1.807) is 43.1 Å². The minimum atomic E-state index is -1.05. The molecule has 7 heteroatoms. The Labute approximate surface area is 211 Å². The first-order chi connectivity index (χ1) is 16.6. The van der Waals surface area contributed by atoms with Gasteiger partial charge in [-0.3, -0.25) is 4.79 Å². The Morgan fingerprint density at radius 3 is 2.34 bits per heavy atom. The van der Waals surface area contributed by atoms with E-state index in [0.29, 0.717) is 29.3 Å². The molecule has 3 aromatic carbocycles. The monoisotopic (exact) mass is 495 g/mol. The minimum Gasteiger partial charge on any atom is -0.491 e. The number of rotatable bonds is 10. The molecule has 0 saturated heterocycles. The Bertz CT molecular complexity index is 1190. The van der Waals surface area contributed by atoms with Crippen molar-refractivity contribution in [1.82, 2.24) is 4.90 Å². The minimum absolute atomic E-state index is 0.00230. The van der Waals surface area contributed by atoms with E-state index in [9.17, 15) is 14.7 Å². The number of carbonyl (C=O) groups is 2. The zero-order chi connectivity index (χ0) is 25.5. The zero-order valence-electron chi connectivity index (χ0n) is 20.4. The standard InChI is InChI=1S/C28H30ClNO5/c1-18(2)35-24-12-19(3)27(28(32)33)25(15-24)34-17-22-7-5-6-21(13-22)16-30(4)26(31)14-20-8-10-23(29)11-9-20/h5-13,15,18H,14,16-17H2,1-4H3,(H,32,33). The Morgan fingerprint density at radius 2 is 1.69 bits per heavy atom. The predicted octanol–water partition coefficient (Wildman–Crippen LogP) is 5.91. The van der Waals surface area contributed by atoms with Gasteiger partial charge in [-0.25, -0.2) is 4.79 Å². The van der Waals surface area contributed by atoms with Gasteiger partial charge in [0.2, 0.25) is 5.91 Å². The topological polar surface area (TPSA) is 76.1 Å². The number of carboxylic acid groups (broad SMARTS) is 1. The number of aryl methyl sites for hydroxylation is 1. The van der Waals surface area contributed by atoms with Crippen LogP contribution in [0.4, 0.5) is 0 Å². The molecule has 35 heavy (non-hydrogen) atoms. The normalized spacial score (nSPS) is 10.8. The van der Waals surface area contributed by atoms with E-state index >= 15 is 0 Å². The SMILES string of the molecule is Cc1cc(OC(C)C)cc(OCc2cccc(CN(C)C(=O)Cc3ccc(Cl)cc3)c2)c1C(=O)O. The van der Waals surface area contributed by atoms with Gasteiger partial charge in [0.1, 0.15) is 23.7 Å². The fraction of sp³-hybridized carbons (Fsp3) is 0.286. The molecule has 0 heterocycles. The van der Waals surface area contributed by atoms with Crippen molar-refractivity contribution in [2.75, 3.05) is 7.05 Å². The number of benzene rings is 3. The van der Waals surface area contributed by atoms with Crippen molar-refractivity contribution >= 4 is 23.5 Å². The van der Waals surface area contributed by atoms with E-state index in [0.717, 1.165) is 16.7 Å². The molecule has 184 valence electrons. The highest BCUT2D eigenvalue weighted by Crippen LogP contribution is 2.30. The molecule has 0 saturated carbocycles. The smallest absolute Gasteiger partial charge is 0.339 e. The average Bonchev–Trinajstić information content (AvgIpc) is 2.78. The fourth-order valence-electron chi connectivity index (χ4n) is 3.70. The van der Waals surface area contributed by atoms with Crippen molar-refractivity contribution in [3.8, 4) is 11.5 Å². The van der Waals surface area contributed by atoms with Crippen molar-refractivity contribution in [1.29, 1.82) is 0 Å². The Kier molecular flexibility index (Phi) is 8.77. The highest BCUT2D eigenvalue weighted by Gasteiger charge is 2.18. The van der Waals surface area contributed by atoms with Crippen LogP contribution in [0.25, 0.3) is 0 Å². The van der Waals surface area contributed by atoms with Gasteiger partial charge in [0.15, 0.2) is 0 Å². The van der Waals surface area contributed by atoms with Gasteiger partial charge in [0, 0.05) is 24.7 Å². The number of nitrogens with zero attached hydrogens (tertiary/aromatic N) is 1. The number of likely N-dealkylation sites (N-methyl/N-ethyl adjacent to an activating group) is 1. The second kappa shape index (κ2) is 11.8. The Hall–Kier alpha value is -3.51. The fourth-order valence-corrected chi connectivity index (χ4v) is 3.83. The van der Waals surface area contributed by atoms with Crippen LogP contribution >= 0.6 is 11.6 Å². The summed E-state index contributed by atoms with van der Waals surface area (Å²) in [5, 5.41) is 10.3. The van der Waals surface area contributed by atoms with Gasteiger partial charge in [-0.05, 0) is 61.2 Å². The summed E-state index contributed by atoms with van der Waals surface area (Å²) in [5.41, 5.74) is 3.40. The average molecular weight is 496 g/mol. The number of ether oxygens (including phenoxy) is 2. The molecule has 6 nitrogen and oxygen atoms in total. The van der Waals surface area contributed by atoms with E-state index in [1.165, 1.54) is 0 Å². The number of halogens is 1. The summed E-state index contributed by atoms with van der Waals surface area (Å²) >= 11 is 5.92. The molecule has 0 bridgehead atoms. The van der Waals surface area contributed by atoms with Crippen molar-refractivity contribution in [2.24, 2.45) is 0 Å². The summed E-state index contributed by atoms with van der Waals surface area (Å²) in [4.78, 5) is 26.1. The van der Waals surface area contributed by atoms with E-state index in [1.807, 2.05) is 50.2 Å². The maximum absolute atomic E-state index is 12.6. The summed E-state index contributed by atoms with van der Waals surface area (Å²) in [6, 6.07) is 18.3. The lowest BCUT2D eigenvalue weighted by Crippen LogP contribution is -2.27. The molecule has 0 unspecified atom stereocenters. The third-order valence-corrected chi connectivity index (χ3v) is 5.61. The van der Waals surface area contributed by atoms with Crippen LogP contribution in [-0.4, -0.2) is 35.0 Å². The largest absolute Gasteiger partial charge is 0.491 e. The highest BCUT2D eigenvalue weighted by molar-refractivity contribution is 6.30. The first kappa shape index (κ1) is 26.1. The first-order valence-corrected chi connectivity index (χ1v) is 11.7. The molecule has 0 aromatic heterocycles. The van der Waals surface area contributed by atoms with Crippen LogP contribution in [0.2, 0.25) is 5.02 Å². The van der Waals surface area contributed by atoms with Crippen molar-refractivity contribution in [3.05, 3.63) is 93.5 Å². The summed E-state index contributed by atoms with van der Waals surface area (Å²) in [5.74, 6) is -0.235. The molecular formula is C28H30ClNO5. The number of amides is 1. The van der Waals surface area contributed by atoms with Crippen LogP contribution in [0, 0.1) is 6.92 Å². The lowest BCUT2D eigenvalue weighted by Gasteiger charge is -2.18. The van der Waals surface area contributed by atoms with E-state index in [2.05, 4.69) is 0 Å². The van der Waals surface area contributed by atoms with Gasteiger partial charge >= 0.3 is 5.97 Å². The maximum Gasteiger partial charge on any atom is 0.339 e. The molecule has 0 spiro atoms. The van der Waals surface area contributed by atoms with Gasteiger partial charge in [-0.15, -0.1) is 0 Å². The van der Waals surface area contributed by atoms with Crippen molar-refractivity contribution < 1.29 is 24.2 Å². The molecule has 0 aliphatic carbocycles. The lowest BCUT2D eigenvalue weighted by atomic mass is 10.1.